The lowest BCUT2D eigenvalue weighted by Gasteiger charge is -2.08. The molecule has 0 aliphatic carbocycles. The zero-order valence-electron chi connectivity index (χ0n) is 9.86. The van der Waals surface area contributed by atoms with Crippen LogP contribution in [0.25, 0.3) is 0 Å². The summed E-state index contributed by atoms with van der Waals surface area (Å²) < 4.78 is 5.69. The minimum atomic E-state index is 0.759. The number of para-hydroxylation sites is 1. The van der Waals surface area contributed by atoms with Crippen molar-refractivity contribution in [1.29, 1.82) is 0 Å². The topological polar surface area (TPSA) is 47.6 Å². The molecule has 0 spiro atoms. The molecule has 3 heteroatoms. The fourth-order valence-corrected chi connectivity index (χ4v) is 1.51. The van der Waals surface area contributed by atoms with Gasteiger partial charge in [0.25, 0.3) is 0 Å². The Labute approximate surface area is 97.3 Å². The standard InChI is InChI=1S/C13H20N2O/c1-2-3-4-7-10-16-13-9-6-5-8-12(13)11-15-14/h5-6,8-9,11H,2-4,7,10,14H2,1H3. The number of ether oxygens (including phenoxy) is 1. The van der Waals surface area contributed by atoms with Gasteiger partial charge in [-0.3, -0.25) is 0 Å². The number of hydrazone groups is 1. The van der Waals surface area contributed by atoms with Crippen molar-refractivity contribution >= 4 is 6.21 Å². The van der Waals surface area contributed by atoms with Gasteiger partial charge in [0.15, 0.2) is 0 Å². The van der Waals surface area contributed by atoms with Crippen LogP contribution >= 0.6 is 0 Å². The number of benzene rings is 1. The van der Waals surface area contributed by atoms with Gasteiger partial charge in [-0.15, -0.1) is 0 Å². The Balaban J connectivity index is 2.40. The summed E-state index contributed by atoms with van der Waals surface area (Å²) in [4.78, 5) is 0. The van der Waals surface area contributed by atoms with Gasteiger partial charge in [0, 0.05) is 5.56 Å². The molecule has 0 radical (unpaired) electrons. The Morgan fingerprint density at radius 2 is 2.06 bits per heavy atom. The summed E-state index contributed by atoms with van der Waals surface area (Å²) in [7, 11) is 0. The number of hydrogen-bond donors (Lipinski definition) is 1. The van der Waals surface area contributed by atoms with Crippen molar-refractivity contribution in [2.24, 2.45) is 10.9 Å². The van der Waals surface area contributed by atoms with Crippen LogP contribution in [-0.4, -0.2) is 12.8 Å². The van der Waals surface area contributed by atoms with Crippen molar-refractivity contribution in [3.8, 4) is 5.75 Å². The van der Waals surface area contributed by atoms with E-state index in [1.165, 1.54) is 19.3 Å². The molecule has 1 aromatic carbocycles. The lowest BCUT2D eigenvalue weighted by Crippen LogP contribution is -2.00. The van der Waals surface area contributed by atoms with Crippen LogP contribution in [0, 0.1) is 0 Å². The van der Waals surface area contributed by atoms with E-state index in [1.807, 2.05) is 24.3 Å². The molecule has 2 N–H and O–H groups in total. The van der Waals surface area contributed by atoms with Gasteiger partial charge >= 0.3 is 0 Å². The molecule has 0 fully saturated rings. The molecule has 0 saturated heterocycles. The summed E-state index contributed by atoms with van der Waals surface area (Å²) in [5, 5.41) is 3.52. The summed E-state index contributed by atoms with van der Waals surface area (Å²) >= 11 is 0. The summed E-state index contributed by atoms with van der Waals surface area (Å²) in [6.07, 6.45) is 6.46. The average molecular weight is 220 g/mol. The van der Waals surface area contributed by atoms with Crippen LogP contribution in [0.3, 0.4) is 0 Å². The highest BCUT2D eigenvalue weighted by Crippen LogP contribution is 2.16. The fraction of sp³-hybridized carbons (Fsp3) is 0.462. The Morgan fingerprint density at radius 3 is 2.81 bits per heavy atom. The molecule has 0 unspecified atom stereocenters. The van der Waals surface area contributed by atoms with Crippen LogP contribution in [0.2, 0.25) is 0 Å². The van der Waals surface area contributed by atoms with Crippen molar-refractivity contribution in [3.05, 3.63) is 29.8 Å². The summed E-state index contributed by atoms with van der Waals surface area (Å²) in [5.41, 5.74) is 0.931. The van der Waals surface area contributed by atoms with Crippen LogP contribution in [0.15, 0.2) is 29.4 Å². The van der Waals surface area contributed by atoms with Crippen LogP contribution in [-0.2, 0) is 0 Å². The molecule has 88 valence electrons. The van der Waals surface area contributed by atoms with Crippen LogP contribution < -0.4 is 10.6 Å². The molecular formula is C13H20N2O. The van der Waals surface area contributed by atoms with Crippen molar-refractivity contribution in [1.82, 2.24) is 0 Å². The highest BCUT2D eigenvalue weighted by molar-refractivity contribution is 5.83. The number of rotatable bonds is 7. The molecule has 0 bridgehead atoms. The Morgan fingerprint density at radius 1 is 1.25 bits per heavy atom. The van der Waals surface area contributed by atoms with Crippen LogP contribution in [0.4, 0.5) is 0 Å². The van der Waals surface area contributed by atoms with E-state index in [1.54, 1.807) is 6.21 Å². The third-order valence-electron chi connectivity index (χ3n) is 2.39. The van der Waals surface area contributed by atoms with Gasteiger partial charge < -0.3 is 10.6 Å². The van der Waals surface area contributed by atoms with E-state index in [9.17, 15) is 0 Å². The second-order valence-electron chi connectivity index (χ2n) is 3.73. The number of hydrogen-bond acceptors (Lipinski definition) is 3. The zero-order valence-corrected chi connectivity index (χ0v) is 9.86. The Kier molecular flexibility index (Phi) is 6.07. The SMILES string of the molecule is CCCCCCOc1ccccc1C=NN. The third-order valence-corrected chi connectivity index (χ3v) is 2.39. The van der Waals surface area contributed by atoms with Crippen molar-refractivity contribution in [2.75, 3.05) is 6.61 Å². The molecular weight excluding hydrogens is 200 g/mol. The fourth-order valence-electron chi connectivity index (χ4n) is 1.51. The lowest BCUT2D eigenvalue weighted by molar-refractivity contribution is 0.304. The lowest BCUT2D eigenvalue weighted by atomic mass is 10.2. The second-order valence-corrected chi connectivity index (χ2v) is 3.73. The molecule has 1 aromatic rings. The molecule has 16 heavy (non-hydrogen) atoms. The molecule has 0 amide bonds. The molecule has 0 aliphatic rings. The van der Waals surface area contributed by atoms with Gasteiger partial charge in [0.05, 0.1) is 12.8 Å². The predicted molar refractivity (Wildman–Crippen MR) is 67.9 cm³/mol. The second kappa shape index (κ2) is 7.74. The highest BCUT2D eigenvalue weighted by Gasteiger charge is 1.99. The molecule has 0 atom stereocenters. The molecule has 3 nitrogen and oxygen atoms in total. The monoisotopic (exact) mass is 220 g/mol. The third kappa shape index (κ3) is 4.34. The maximum absolute atomic E-state index is 5.69. The minimum Gasteiger partial charge on any atom is -0.493 e. The number of nitrogens with two attached hydrogens (primary N) is 1. The van der Waals surface area contributed by atoms with E-state index >= 15 is 0 Å². The predicted octanol–water partition coefficient (Wildman–Crippen LogP) is 2.94. The van der Waals surface area contributed by atoms with E-state index in [2.05, 4.69) is 12.0 Å². The smallest absolute Gasteiger partial charge is 0.128 e. The van der Waals surface area contributed by atoms with Gasteiger partial charge in [-0.1, -0.05) is 38.3 Å². The molecule has 1 rings (SSSR count). The van der Waals surface area contributed by atoms with Gasteiger partial charge in [0.1, 0.15) is 5.75 Å². The van der Waals surface area contributed by atoms with E-state index in [0.717, 1.165) is 24.3 Å². The molecule has 0 aliphatic heterocycles. The van der Waals surface area contributed by atoms with E-state index in [0.29, 0.717) is 0 Å². The van der Waals surface area contributed by atoms with Crippen LogP contribution in [0.1, 0.15) is 38.2 Å². The maximum Gasteiger partial charge on any atom is 0.128 e. The minimum absolute atomic E-state index is 0.759. The zero-order chi connectivity index (χ0) is 11.6. The Hall–Kier alpha value is -1.51. The molecule has 0 heterocycles. The molecule has 0 aromatic heterocycles. The first kappa shape index (κ1) is 12.6. The van der Waals surface area contributed by atoms with Gasteiger partial charge in [0.2, 0.25) is 0 Å². The maximum atomic E-state index is 5.69. The van der Waals surface area contributed by atoms with E-state index in [-0.39, 0.29) is 0 Å². The van der Waals surface area contributed by atoms with Gasteiger partial charge in [-0.2, -0.15) is 5.10 Å². The van der Waals surface area contributed by atoms with Crippen molar-refractivity contribution in [2.45, 2.75) is 32.6 Å². The first-order valence-electron chi connectivity index (χ1n) is 5.83. The highest BCUT2D eigenvalue weighted by atomic mass is 16.5. The van der Waals surface area contributed by atoms with Crippen molar-refractivity contribution < 1.29 is 4.74 Å². The number of nitrogens with zero attached hydrogens (tertiary/aromatic N) is 1. The summed E-state index contributed by atoms with van der Waals surface area (Å²) in [6.45, 7) is 2.96. The Bertz CT molecular complexity index is 323. The van der Waals surface area contributed by atoms with Gasteiger partial charge in [-0.25, -0.2) is 0 Å². The number of unbranched alkanes of at least 4 members (excludes halogenated alkanes) is 3. The largest absolute Gasteiger partial charge is 0.493 e. The van der Waals surface area contributed by atoms with Crippen molar-refractivity contribution in [3.63, 3.8) is 0 Å². The molecule has 0 saturated carbocycles. The first-order chi connectivity index (χ1) is 7.88. The normalized spacial score (nSPS) is 10.8. The van der Waals surface area contributed by atoms with E-state index in [4.69, 9.17) is 10.6 Å². The summed E-state index contributed by atoms with van der Waals surface area (Å²) in [6, 6.07) is 7.78. The average Bonchev–Trinajstić information content (AvgIpc) is 2.31. The van der Waals surface area contributed by atoms with Gasteiger partial charge in [-0.05, 0) is 18.6 Å². The quantitative estimate of drug-likeness (QED) is 0.332. The first-order valence-corrected chi connectivity index (χ1v) is 5.83. The summed E-state index contributed by atoms with van der Waals surface area (Å²) in [5.74, 6) is 5.99. The van der Waals surface area contributed by atoms with E-state index < -0.39 is 0 Å². The van der Waals surface area contributed by atoms with Crippen LogP contribution in [0.5, 0.6) is 5.75 Å².